The van der Waals surface area contributed by atoms with E-state index in [0.717, 1.165) is 11.1 Å². The lowest BCUT2D eigenvalue weighted by Crippen LogP contribution is -2.37. The Morgan fingerprint density at radius 1 is 0.842 bits per heavy atom. The van der Waals surface area contributed by atoms with Gasteiger partial charge in [0.1, 0.15) is 0 Å². The molecule has 0 saturated heterocycles. The standard InChI is InChI=1S/C17H20O2/c1-14-7-5-6-8-15(14)11-17(12-18,13-19)16-9-3-2-4-10-16/h2-10,18-19H,11-13H2,1H3. The number of rotatable bonds is 5. The van der Waals surface area contributed by atoms with Crippen molar-refractivity contribution < 1.29 is 10.2 Å². The van der Waals surface area contributed by atoms with Crippen LogP contribution < -0.4 is 0 Å². The van der Waals surface area contributed by atoms with Gasteiger partial charge in [-0.15, -0.1) is 0 Å². The minimum absolute atomic E-state index is 0.0676. The molecule has 2 nitrogen and oxygen atoms in total. The van der Waals surface area contributed by atoms with Crippen molar-refractivity contribution in [2.75, 3.05) is 13.2 Å². The van der Waals surface area contributed by atoms with E-state index in [0.29, 0.717) is 6.42 Å². The summed E-state index contributed by atoms with van der Waals surface area (Å²) >= 11 is 0. The summed E-state index contributed by atoms with van der Waals surface area (Å²) in [4.78, 5) is 0. The number of hydrogen-bond donors (Lipinski definition) is 2. The van der Waals surface area contributed by atoms with Gasteiger partial charge in [-0.2, -0.15) is 0 Å². The van der Waals surface area contributed by atoms with Gasteiger partial charge in [0, 0.05) is 5.41 Å². The summed E-state index contributed by atoms with van der Waals surface area (Å²) in [6, 6.07) is 17.8. The Morgan fingerprint density at radius 2 is 1.42 bits per heavy atom. The molecule has 2 heteroatoms. The van der Waals surface area contributed by atoms with Crippen molar-refractivity contribution in [3.05, 3.63) is 71.3 Å². The molecule has 0 unspecified atom stereocenters. The molecule has 0 aliphatic carbocycles. The Kier molecular flexibility index (Phi) is 4.35. The highest BCUT2D eigenvalue weighted by molar-refractivity contribution is 5.33. The van der Waals surface area contributed by atoms with Crippen LogP contribution in [0.4, 0.5) is 0 Å². The van der Waals surface area contributed by atoms with Crippen LogP contribution >= 0.6 is 0 Å². The summed E-state index contributed by atoms with van der Waals surface area (Å²) in [5.74, 6) is 0. The van der Waals surface area contributed by atoms with Crippen molar-refractivity contribution in [1.82, 2.24) is 0 Å². The Labute approximate surface area is 114 Å². The number of aliphatic hydroxyl groups is 2. The summed E-state index contributed by atoms with van der Waals surface area (Å²) < 4.78 is 0. The van der Waals surface area contributed by atoms with Gasteiger partial charge in [-0.05, 0) is 30.0 Å². The summed E-state index contributed by atoms with van der Waals surface area (Å²) in [6.45, 7) is 1.92. The molecule has 0 aliphatic rings. The molecule has 2 N–H and O–H groups in total. The highest BCUT2D eigenvalue weighted by Crippen LogP contribution is 2.29. The lowest BCUT2D eigenvalue weighted by atomic mass is 9.76. The van der Waals surface area contributed by atoms with Gasteiger partial charge >= 0.3 is 0 Å². The molecule has 0 aromatic heterocycles. The summed E-state index contributed by atoms with van der Waals surface area (Å²) in [6.07, 6.45) is 0.636. The highest BCUT2D eigenvalue weighted by Gasteiger charge is 2.31. The fourth-order valence-electron chi connectivity index (χ4n) is 2.41. The first-order valence-electron chi connectivity index (χ1n) is 6.53. The third-order valence-electron chi connectivity index (χ3n) is 3.78. The quantitative estimate of drug-likeness (QED) is 0.862. The molecule has 100 valence electrons. The Balaban J connectivity index is 2.38. The third-order valence-corrected chi connectivity index (χ3v) is 3.78. The van der Waals surface area contributed by atoms with Gasteiger partial charge in [0.2, 0.25) is 0 Å². The van der Waals surface area contributed by atoms with Crippen LogP contribution in [0.1, 0.15) is 16.7 Å². The fourth-order valence-corrected chi connectivity index (χ4v) is 2.41. The average molecular weight is 256 g/mol. The molecule has 2 rings (SSSR count). The van der Waals surface area contributed by atoms with Crippen LogP contribution in [0, 0.1) is 6.92 Å². The second kappa shape index (κ2) is 6.00. The molecule has 0 amide bonds. The van der Waals surface area contributed by atoms with E-state index in [4.69, 9.17) is 0 Å². The Bertz CT molecular complexity index is 516. The molecule has 0 fully saturated rings. The predicted molar refractivity (Wildman–Crippen MR) is 77.2 cm³/mol. The SMILES string of the molecule is Cc1ccccc1CC(CO)(CO)c1ccccc1. The molecule has 2 aromatic rings. The van der Waals surface area contributed by atoms with Crippen LogP contribution in [0.5, 0.6) is 0 Å². The molecular formula is C17H20O2. The predicted octanol–water partition coefficient (Wildman–Crippen LogP) is 2.46. The number of benzene rings is 2. The lowest BCUT2D eigenvalue weighted by Gasteiger charge is -2.31. The zero-order valence-corrected chi connectivity index (χ0v) is 11.2. The molecular weight excluding hydrogens is 236 g/mol. The van der Waals surface area contributed by atoms with Crippen molar-refractivity contribution in [1.29, 1.82) is 0 Å². The zero-order chi connectivity index (χ0) is 13.7. The monoisotopic (exact) mass is 256 g/mol. The zero-order valence-electron chi connectivity index (χ0n) is 11.2. The van der Waals surface area contributed by atoms with E-state index in [9.17, 15) is 10.2 Å². The third kappa shape index (κ3) is 2.86. The number of hydrogen-bond acceptors (Lipinski definition) is 2. The molecule has 2 aromatic carbocycles. The highest BCUT2D eigenvalue weighted by atomic mass is 16.3. The maximum absolute atomic E-state index is 9.82. The van der Waals surface area contributed by atoms with Crippen LogP contribution in [-0.4, -0.2) is 23.4 Å². The molecule has 0 heterocycles. The van der Waals surface area contributed by atoms with E-state index in [1.807, 2.05) is 42.5 Å². The first kappa shape index (κ1) is 13.8. The minimum atomic E-state index is -0.618. The van der Waals surface area contributed by atoms with Gasteiger partial charge in [0.25, 0.3) is 0 Å². The van der Waals surface area contributed by atoms with Crippen LogP contribution in [0.25, 0.3) is 0 Å². The average Bonchev–Trinajstić information content (AvgIpc) is 2.48. The van der Waals surface area contributed by atoms with E-state index in [2.05, 4.69) is 19.1 Å². The Morgan fingerprint density at radius 3 is 2.00 bits per heavy atom. The van der Waals surface area contributed by atoms with Gasteiger partial charge < -0.3 is 10.2 Å². The van der Waals surface area contributed by atoms with Crippen LogP contribution in [0.15, 0.2) is 54.6 Å². The molecule has 0 bridgehead atoms. The van der Waals surface area contributed by atoms with Gasteiger partial charge in [-0.1, -0.05) is 54.6 Å². The molecule has 0 spiro atoms. The van der Waals surface area contributed by atoms with Gasteiger partial charge in [0.15, 0.2) is 0 Å². The topological polar surface area (TPSA) is 40.5 Å². The molecule has 0 atom stereocenters. The van der Waals surface area contributed by atoms with Gasteiger partial charge in [-0.3, -0.25) is 0 Å². The first-order valence-corrected chi connectivity index (χ1v) is 6.53. The second-order valence-corrected chi connectivity index (χ2v) is 5.07. The van der Waals surface area contributed by atoms with Crippen LogP contribution in [0.3, 0.4) is 0 Å². The van der Waals surface area contributed by atoms with Crippen molar-refractivity contribution in [3.8, 4) is 0 Å². The maximum Gasteiger partial charge on any atom is 0.0553 e. The minimum Gasteiger partial charge on any atom is -0.395 e. The maximum atomic E-state index is 9.82. The van der Waals surface area contributed by atoms with Crippen molar-refractivity contribution >= 4 is 0 Å². The second-order valence-electron chi connectivity index (χ2n) is 5.07. The van der Waals surface area contributed by atoms with Crippen molar-refractivity contribution in [2.45, 2.75) is 18.8 Å². The van der Waals surface area contributed by atoms with Crippen LogP contribution in [-0.2, 0) is 11.8 Å². The lowest BCUT2D eigenvalue weighted by molar-refractivity contribution is 0.116. The molecule has 19 heavy (non-hydrogen) atoms. The number of aryl methyl sites for hydroxylation is 1. The molecule has 0 saturated carbocycles. The van der Waals surface area contributed by atoms with Crippen LogP contribution in [0.2, 0.25) is 0 Å². The Hall–Kier alpha value is -1.64. The van der Waals surface area contributed by atoms with Gasteiger partial charge in [-0.25, -0.2) is 0 Å². The largest absolute Gasteiger partial charge is 0.395 e. The van der Waals surface area contributed by atoms with Gasteiger partial charge in [0.05, 0.1) is 13.2 Å². The first-order chi connectivity index (χ1) is 9.22. The summed E-state index contributed by atoms with van der Waals surface area (Å²) in [5, 5.41) is 19.6. The van der Waals surface area contributed by atoms with E-state index in [-0.39, 0.29) is 13.2 Å². The number of aliphatic hydroxyl groups excluding tert-OH is 2. The van der Waals surface area contributed by atoms with E-state index in [1.54, 1.807) is 0 Å². The fraction of sp³-hybridized carbons (Fsp3) is 0.294. The van der Waals surface area contributed by atoms with E-state index in [1.165, 1.54) is 5.56 Å². The smallest absolute Gasteiger partial charge is 0.0553 e. The van der Waals surface area contributed by atoms with Crippen molar-refractivity contribution in [3.63, 3.8) is 0 Å². The van der Waals surface area contributed by atoms with Crippen molar-refractivity contribution in [2.24, 2.45) is 0 Å². The van der Waals surface area contributed by atoms with E-state index < -0.39 is 5.41 Å². The normalized spacial score (nSPS) is 11.5. The summed E-state index contributed by atoms with van der Waals surface area (Å²) in [5.41, 5.74) is 2.70. The summed E-state index contributed by atoms with van der Waals surface area (Å²) in [7, 11) is 0. The molecule has 0 aliphatic heterocycles. The molecule has 0 radical (unpaired) electrons. The van der Waals surface area contributed by atoms with E-state index >= 15 is 0 Å².